The molecule has 3 heteroatoms. The highest BCUT2D eigenvalue weighted by Gasteiger charge is 2.27. The lowest BCUT2D eigenvalue weighted by atomic mass is 9.82. The lowest BCUT2D eigenvalue weighted by molar-refractivity contribution is -0.122. The Morgan fingerprint density at radius 2 is 1.88 bits per heavy atom. The molecule has 2 N–H and O–H groups in total. The van der Waals surface area contributed by atoms with Gasteiger partial charge < -0.3 is 10.4 Å². The van der Waals surface area contributed by atoms with E-state index in [1.54, 1.807) is 0 Å². The van der Waals surface area contributed by atoms with Crippen LogP contribution in [0.5, 0.6) is 0 Å². The Bertz CT molecular complexity index is 230. The zero-order valence-corrected chi connectivity index (χ0v) is 9.95. The largest absolute Gasteiger partial charge is 0.393 e. The molecule has 0 aromatic carbocycles. The van der Waals surface area contributed by atoms with Crippen LogP contribution in [0.3, 0.4) is 0 Å². The summed E-state index contributed by atoms with van der Waals surface area (Å²) in [5.41, 5.74) is 0. The fraction of sp³-hybridized carbons (Fsp3) is 0.923. The monoisotopic (exact) mass is 225 g/mol. The lowest BCUT2D eigenvalue weighted by Crippen LogP contribution is -2.38. The highest BCUT2D eigenvalue weighted by Crippen LogP contribution is 2.28. The van der Waals surface area contributed by atoms with E-state index in [4.69, 9.17) is 5.11 Å². The molecule has 1 amide bonds. The number of hydrogen-bond donors (Lipinski definition) is 2. The Kier molecular flexibility index (Phi) is 4.22. The summed E-state index contributed by atoms with van der Waals surface area (Å²) in [6.07, 6.45) is 8.73. The van der Waals surface area contributed by atoms with Gasteiger partial charge in [0.25, 0.3) is 0 Å². The molecule has 0 saturated heterocycles. The van der Waals surface area contributed by atoms with E-state index in [1.807, 2.05) is 0 Å². The molecule has 0 aromatic heterocycles. The van der Waals surface area contributed by atoms with Crippen molar-refractivity contribution in [3.05, 3.63) is 0 Å². The van der Waals surface area contributed by atoms with Crippen LogP contribution in [0, 0.1) is 11.8 Å². The van der Waals surface area contributed by atoms with Crippen molar-refractivity contribution >= 4 is 5.91 Å². The van der Waals surface area contributed by atoms with E-state index in [2.05, 4.69) is 5.32 Å². The van der Waals surface area contributed by atoms with Crippen LogP contribution in [-0.4, -0.2) is 23.7 Å². The molecule has 2 rings (SSSR count). The first kappa shape index (κ1) is 11.9. The third-order valence-corrected chi connectivity index (χ3v) is 4.05. The Morgan fingerprint density at radius 3 is 2.50 bits per heavy atom. The van der Waals surface area contributed by atoms with Crippen LogP contribution in [0.15, 0.2) is 0 Å². The second-order valence-corrected chi connectivity index (χ2v) is 5.48. The molecule has 0 aliphatic heterocycles. The predicted molar refractivity (Wildman–Crippen MR) is 62.9 cm³/mol. The van der Waals surface area contributed by atoms with Gasteiger partial charge in [-0.15, -0.1) is 0 Å². The third kappa shape index (κ3) is 3.48. The highest BCUT2D eigenvalue weighted by atomic mass is 16.3. The molecule has 92 valence electrons. The van der Waals surface area contributed by atoms with Crippen LogP contribution in [0.4, 0.5) is 0 Å². The highest BCUT2D eigenvalue weighted by molar-refractivity contribution is 5.75. The topological polar surface area (TPSA) is 49.3 Å². The molecule has 2 aliphatic rings. The fourth-order valence-corrected chi connectivity index (χ4v) is 2.85. The number of amides is 1. The van der Waals surface area contributed by atoms with Crippen molar-refractivity contribution in [3.8, 4) is 0 Å². The Hall–Kier alpha value is -0.570. The quantitative estimate of drug-likeness (QED) is 0.750. The molecular weight excluding hydrogens is 202 g/mol. The summed E-state index contributed by atoms with van der Waals surface area (Å²) >= 11 is 0. The van der Waals surface area contributed by atoms with E-state index in [9.17, 15) is 4.79 Å². The minimum absolute atomic E-state index is 0.111. The van der Waals surface area contributed by atoms with Crippen LogP contribution in [-0.2, 0) is 4.79 Å². The standard InChI is InChI=1S/C13H23NO2/c15-12-7-11(8-12)9-14-13(16)6-5-10-3-1-2-4-10/h10-12,15H,1-9H2,(H,14,16). The van der Waals surface area contributed by atoms with Crippen molar-refractivity contribution in [3.63, 3.8) is 0 Å². The summed E-state index contributed by atoms with van der Waals surface area (Å²) in [6.45, 7) is 0.764. The maximum absolute atomic E-state index is 11.6. The molecule has 0 aromatic rings. The molecule has 2 fully saturated rings. The third-order valence-electron chi connectivity index (χ3n) is 4.05. The van der Waals surface area contributed by atoms with Crippen LogP contribution in [0.1, 0.15) is 51.4 Å². The zero-order chi connectivity index (χ0) is 11.4. The second-order valence-electron chi connectivity index (χ2n) is 5.48. The van der Waals surface area contributed by atoms with Gasteiger partial charge in [-0.05, 0) is 31.1 Å². The number of nitrogens with one attached hydrogen (secondary N) is 1. The first-order valence-electron chi connectivity index (χ1n) is 6.69. The van der Waals surface area contributed by atoms with Gasteiger partial charge >= 0.3 is 0 Å². The number of carbonyl (C=O) groups is 1. The molecule has 16 heavy (non-hydrogen) atoms. The average Bonchev–Trinajstić information content (AvgIpc) is 2.72. The Balaban J connectivity index is 1.50. The van der Waals surface area contributed by atoms with Crippen molar-refractivity contribution in [2.45, 2.75) is 57.5 Å². The van der Waals surface area contributed by atoms with Crippen molar-refractivity contribution in [1.82, 2.24) is 5.32 Å². The number of hydrogen-bond acceptors (Lipinski definition) is 2. The molecule has 0 heterocycles. The Morgan fingerprint density at radius 1 is 1.19 bits per heavy atom. The van der Waals surface area contributed by atoms with Gasteiger partial charge in [0, 0.05) is 13.0 Å². The van der Waals surface area contributed by atoms with Crippen molar-refractivity contribution in [1.29, 1.82) is 0 Å². The van der Waals surface area contributed by atoms with Gasteiger partial charge in [0.15, 0.2) is 0 Å². The van der Waals surface area contributed by atoms with Gasteiger partial charge in [-0.1, -0.05) is 25.7 Å². The first-order valence-corrected chi connectivity index (χ1v) is 6.69. The molecule has 0 radical (unpaired) electrons. The number of rotatable bonds is 5. The SMILES string of the molecule is O=C(CCC1CCCC1)NCC1CC(O)C1. The van der Waals surface area contributed by atoms with E-state index in [1.165, 1.54) is 25.7 Å². The van der Waals surface area contributed by atoms with Crippen LogP contribution in [0.2, 0.25) is 0 Å². The fourth-order valence-electron chi connectivity index (χ4n) is 2.85. The molecule has 0 unspecified atom stereocenters. The molecule has 3 nitrogen and oxygen atoms in total. The summed E-state index contributed by atoms with van der Waals surface area (Å²) in [5, 5.41) is 12.1. The number of aliphatic hydroxyl groups excluding tert-OH is 1. The predicted octanol–water partition coefficient (Wildman–Crippen LogP) is 1.84. The minimum atomic E-state index is -0.111. The summed E-state index contributed by atoms with van der Waals surface area (Å²) < 4.78 is 0. The lowest BCUT2D eigenvalue weighted by Gasteiger charge is -2.31. The maximum atomic E-state index is 11.6. The van der Waals surface area contributed by atoms with Gasteiger partial charge in [0.05, 0.1) is 6.10 Å². The minimum Gasteiger partial charge on any atom is -0.393 e. The maximum Gasteiger partial charge on any atom is 0.220 e. The van der Waals surface area contributed by atoms with Crippen LogP contribution >= 0.6 is 0 Å². The van der Waals surface area contributed by atoms with Gasteiger partial charge in [0.2, 0.25) is 5.91 Å². The normalized spacial score (nSPS) is 30.1. The number of carbonyl (C=O) groups excluding carboxylic acids is 1. The molecule has 0 bridgehead atoms. The van der Waals surface area contributed by atoms with E-state index in [0.29, 0.717) is 12.3 Å². The second kappa shape index (κ2) is 5.67. The number of aliphatic hydroxyl groups is 1. The summed E-state index contributed by atoms with van der Waals surface area (Å²) in [7, 11) is 0. The van der Waals surface area contributed by atoms with Crippen molar-refractivity contribution in [2.24, 2.45) is 11.8 Å². The zero-order valence-electron chi connectivity index (χ0n) is 9.95. The first-order chi connectivity index (χ1) is 7.74. The summed E-state index contributed by atoms with van der Waals surface area (Å²) in [4.78, 5) is 11.6. The Labute approximate surface area is 97.6 Å². The van der Waals surface area contributed by atoms with E-state index in [-0.39, 0.29) is 12.0 Å². The van der Waals surface area contributed by atoms with E-state index >= 15 is 0 Å². The smallest absolute Gasteiger partial charge is 0.220 e. The van der Waals surface area contributed by atoms with Gasteiger partial charge in [0.1, 0.15) is 0 Å². The van der Waals surface area contributed by atoms with Crippen molar-refractivity contribution in [2.75, 3.05) is 6.54 Å². The van der Waals surface area contributed by atoms with Gasteiger partial charge in [-0.25, -0.2) is 0 Å². The van der Waals surface area contributed by atoms with Gasteiger partial charge in [-0.2, -0.15) is 0 Å². The summed E-state index contributed by atoms with van der Waals surface area (Å²) in [5.74, 6) is 1.52. The molecule has 2 saturated carbocycles. The molecule has 0 atom stereocenters. The van der Waals surface area contributed by atoms with Crippen LogP contribution in [0.25, 0.3) is 0 Å². The van der Waals surface area contributed by atoms with Crippen LogP contribution < -0.4 is 5.32 Å². The van der Waals surface area contributed by atoms with Crippen molar-refractivity contribution < 1.29 is 9.90 Å². The molecule has 0 spiro atoms. The molecule has 2 aliphatic carbocycles. The average molecular weight is 225 g/mol. The molecular formula is C13H23NO2. The van der Waals surface area contributed by atoms with Gasteiger partial charge in [-0.3, -0.25) is 4.79 Å². The van der Waals surface area contributed by atoms with E-state index in [0.717, 1.165) is 31.7 Å². The summed E-state index contributed by atoms with van der Waals surface area (Å²) in [6, 6.07) is 0. The van der Waals surface area contributed by atoms with E-state index < -0.39 is 0 Å².